The molecule has 21 heavy (non-hydrogen) atoms. The van der Waals surface area contributed by atoms with Crippen molar-refractivity contribution in [3.05, 3.63) is 58.6 Å². The highest BCUT2D eigenvalue weighted by Gasteiger charge is 2.22. The van der Waals surface area contributed by atoms with Gasteiger partial charge in [0.2, 0.25) is 10.0 Å². The molecule has 0 saturated heterocycles. The molecule has 6 heteroatoms. The summed E-state index contributed by atoms with van der Waals surface area (Å²) in [6.45, 7) is 3.55. The third kappa shape index (κ3) is 3.56. The molecular weight excluding hydrogens is 308 g/mol. The molecule has 0 radical (unpaired) electrons. The van der Waals surface area contributed by atoms with Crippen LogP contribution in [0.25, 0.3) is 0 Å². The fourth-order valence-electron chi connectivity index (χ4n) is 1.98. The lowest BCUT2D eigenvalue weighted by Gasteiger charge is -2.16. The SMILES string of the molecule is Cc1cc(Cl)c(S(=O)(=O)N[C@@H](C)c2ccccc2)cc1N. The number of nitrogens with two attached hydrogens (primary N) is 1. The van der Waals surface area contributed by atoms with E-state index in [4.69, 9.17) is 17.3 Å². The van der Waals surface area contributed by atoms with Crippen LogP contribution in [0.4, 0.5) is 5.69 Å². The third-order valence-corrected chi connectivity index (χ3v) is 5.25. The second-order valence-corrected chi connectivity index (χ2v) is 6.98. The lowest BCUT2D eigenvalue weighted by atomic mass is 10.1. The van der Waals surface area contributed by atoms with Crippen LogP contribution in [0, 0.1) is 6.92 Å². The summed E-state index contributed by atoms with van der Waals surface area (Å²) < 4.78 is 27.5. The summed E-state index contributed by atoms with van der Waals surface area (Å²) in [4.78, 5) is -0.00459. The van der Waals surface area contributed by atoms with E-state index in [1.165, 1.54) is 6.07 Å². The molecule has 0 bridgehead atoms. The summed E-state index contributed by atoms with van der Waals surface area (Å²) in [7, 11) is -3.74. The van der Waals surface area contributed by atoms with E-state index in [9.17, 15) is 8.42 Å². The number of rotatable bonds is 4. The van der Waals surface area contributed by atoms with E-state index in [1.807, 2.05) is 30.3 Å². The zero-order valence-electron chi connectivity index (χ0n) is 11.8. The van der Waals surface area contributed by atoms with Gasteiger partial charge in [-0.1, -0.05) is 41.9 Å². The average Bonchev–Trinajstić information content (AvgIpc) is 2.43. The number of nitrogens with one attached hydrogen (secondary N) is 1. The predicted octanol–water partition coefficient (Wildman–Crippen LogP) is 3.27. The molecule has 0 unspecified atom stereocenters. The van der Waals surface area contributed by atoms with Crippen LogP contribution in [-0.2, 0) is 10.0 Å². The molecule has 0 heterocycles. The Labute approximate surface area is 130 Å². The quantitative estimate of drug-likeness (QED) is 0.848. The number of aryl methyl sites for hydroxylation is 1. The summed E-state index contributed by atoms with van der Waals surface area (Å²) in [6, 6.07) is 11.9. The second-order valence-electron chi connectivity index (χ2n) is 4.89. The van der Waals surface area contributed by atoms with E-state index in [1.54, 1.807) is 19.9 Å². The first-order valence-corrected chi connectivity index (χ1v) is 8.30. The van der Waals surface area contributed by atoms with Crippen LogP contribution in [-0.4, -0.2) is 8.42 Å². The number of anilines is 1. The first-order chi connectivity index (χ1) is 9.81. The first-order valence-electron chi connectivity index (χ1n) is 6.44. The van der Waals surface area contributed by atoms with Crippen LogP contribution in [0.5, 0.6) is 0 Å². The molecule has 0 aromatic heterocycles. The monoisotopic (exact) mass is 324 g/mol. The van der Waals surface area contributed by atoms with Gasteiger partial charge >= 0.3 is 0 Å². The lowest BCUT2D eigenvalue weighted by molar-refractivity contribution is 0.567. The van der Waals surface area contributed by atoms with E-state index in [0.717, 1.165) is 11.1 Å². The number of hydrogen-bond acceptors (Lipinski definition) is 3. The molecule has 3 N–H and O–H groups in total. The van der Waals surface area contributed by atoms with Crippen molar-refractivity contribution in [3.63, 3.8) is 0 Å². The molecule has 0 fully saturated rings. The summed E-state index contributed by atoms with van der Waals surface area (Å²) in [6.07, 6.45) is 0. The summed E-state index contributed by atoms with van der Waals surface area (Å²) in [5.41, 5.74) is 7.79. The molecule has 0 aliphatic rings. The zero-order chi connectivity index (χ0) is 15.6. The summed E-state index contributed by atoms with van der Waals surface area (Å²) in [5, 5.41) is 0.162. The van der Waals surface area contributed by atoms with Crippen molar-refractivity contribution in [2.24, 2.45) is 0 Å². The molecule has 1 atom stereocenters. The fourth-order valence-corrected chi connectivity index (χ4v) is 3.83. The van der Waals surface area contributed by atoms with Gasteiger partial charge in [-0.15, -0.1) is 0 Å². The smallest absolute Gasteiger partial charge is 0.242 e. The average molecular weight is 325 g/mol. The standard InChI is InChI=1S/C15H17ClN2O2S/c1-10-8-13(16)15(9-14(10)17)21(19,20)18-11(2)12-6-4-3-5-7-12/h3-9,11,18H,17H2,1-2H3/t11-/m0/s1. The van der Waals surface area contributed by atoms with Crippen molar-refractivity contribution in [2.75, 3.05) is 5.73 Å². The van der Waals surface area contributed by atoms with Gasteiger partial charge in [0.05, 0.1) is 5.02 Å². The zero-order valence-corrected chi connectivity index (χ0v) is 13.4. The normalized spacial score (nSPS) is 13.1. The van der Waals surface area contributed by atoms with Gasteiger partial charge in [0, 0.05) is 11.7 Å². The molecule has 0 aliphatic carbocycles. The van der Waals surface area contributed by atoms with E-state index in [2.05, 4.69) is 4.72 Å². The molecular formula is C15H17ClN2O2S. The highest BCUT2D eigenvalue weighted by Crippen LogP contribution is 2.27. The van der Waals surface area contributed by atoms with Gasteiger partial charge in [-0.2, -0.15) is 0 Å². The van der Waals surface area contributed by atoms with Crippen molar-refractivity contribution in [1.82, 2.24) is 4.72 Å². The third-order valence-electron chi connectivity index (χ3n) is 3.24. The number of nitrogen functional groups attached to an aromatic ring is 1. The molecule has 4 nitrogen and oxygen atoms in total. The minimum absolute atomic E-state index is 0.00459. The number of hydrogen-bond donors (Lipinski definition) is 2. The summed E-state index contributed by atoms with van der Waals surface area (Å²) >= 11 is 6.04. The highest BCUT2D eigenvalue weighted by atomic mass is 35.5. The van der Waals surface area contributed by atoms with E-state index in [-0.39, 0.29) is 16.0 Å². The molecule has 0 saturated carbocycles. The molecule has 0 spiro atoms. The van der Waals surface area contributed by atoms with Gasteiger partial charge < -0.3 is 5.73 Å². The highest BCUT2D eigenvalue weighted by molar-refractivity contribution is 7.89. The molecule has 2 rings (SSSR count). The Morgan fingerprint density at radius 1 is 1.19 bits per heavy atom. The van der Waals surface area contributed by atoms with E-state index < -0.39 is 10.0 Å². The molecule has 0 amide bonds. The maximum absolute atomic E-state index is 12.4. The molecule has 0 aliphatic heterocycles. The van der Waals surface area contributed by atoms with E-state index in [0.29, 0.717) is 5.69 Å². The maximum atomic E-state index is 12.4. The van der Waals surface area contributed by atoms with Gasteiger partial charge in [0.1, 0.15) is 4.90 Å². The Morgan fingerprint density at radius 2 is 1.81 bits per heavy atom. The fraction of sp³-hybridized carbons (Fsp3) is 0.200. The van der Waals surface area contributed by atoms with Crippen molar-refractivity contribution in [3.8, 4) is 0 Å². The molecule has 2 aromatic rings. The van der Waals surface area contributed by atoms with Crippen molar-refractivity contribution in [2.45, 2.75) is 24.8 Å². The van der Waals surface area contributed by atoms with E-state index >= 15 is 0 Å². The predicted molar refractivity (Wildman–Crippen MR) is 85.8 cm³/mol. The van der Waals surface area contributed by atoms with Crippen LogP contribution in [0.1, 0.15) is 24.1 Å². The maximum Gasteiger partial charge on any atom is 0.242 e. The molecule has 112 valence electrons. The van der Waals surface area contributed by atoms with Crippen LogP contribution in [0.3, 0.4) is 0 Å². The van der Waals surface area contributed by atoms with Crippen LogP contribution >= 0.6 is 11.6 Å². The van der Waals surface area contributed by atoms with Crippen molar-refractivity contribution >= 4 is 27.3 Å². The van der Waals surface area contributed by atoms with Crippen molar-refractivity contribution < 1.29 is 8.42 Å². The second kappa shape index (κ2) is 6.05. The minimum atomic E-state index is -3.74. The molecule has 2 aromatic carbocycles. The van der Waals surface area contributed by atoms with Crippen LogP contribution in [0.2, 0.25) is 5.02 Å². The Balaban J connectivity index is 2.33. The Bertz CT molecular complexity index is 746. The van der Waals surface area contributed by atoms with Gasteiger partial charge in [0.25, 0.3) is 0 Å². The number of benzene rings is 2. The number of sulfonamides is 1. The lowest BCUT2D eigenvalue weighted by Crippen LogP contribution is -2.27. The topological polar surface area (TPSA) is 72.2 Å². The van der Waals surface area contributed by atoms with Gasteiger partial charge in [-0.3, -0.25) is 0 Å². The van der Waals surface area contributed by atoms with Crippen LogP contribution in [0.15, 0.2) is 47.4 Å². The van der Waals surface area contributed by atoms with Gasteiger partial charge in [-0.05, 0) is 37.1 Å². The Hall–Kier alpha value is -1.56. The first kappa shape index (κ1) is 15.8. The number of halogens is 1. The van der Waals surface area contributed by atoms with Gasteiger partial charge in [0.15, 0.2) is 0 Å². The Kier molecular flexibility index (Phi) is 4.56. The van der Waals surface area contributed by atoms with Crippen molar-refractivity contribution in [1.29, 1.82) is 0 Å². The summed E-state index contributed by atoms with van der Waals surface area (Å²) in [5.74, 6) is 0. The Morgan fingerprint density at radius 3 is 2.43 bits per heavy atom. The van der Waals surface area contributed by atoms with Gasteiger partial charge in [-0.25, -0.2) is 13.1 Å². The minimum Gasteiger partial charge on any atom is -0.398 e. The largest absolute Gasteiger partial charge is 0.398 e. The van der Waals surface area contributed by atoms with Crippen LogP contribution < -0.4 is 10.5 Å².